The van der Waals surface area contributed by atoms with Gasteiger partial charge in [0.05, 0.1) is 12.4 Å². The Balaban J connectivity index is 2.18. The van der Waals surface area contributed by atoms with Gasteiger partial charge in [-0.25, -0.2) is 8.42 Å². The van der Waals surface area contributed by atoms with Gasteiger partial charge in [0.25, 0.3) is 5.56 Å². The largest absolute Gasteiger partial charge is 0.496 e. The highest BCUT2D eigenvalue weighted by molar-refractivity contribution is 7.89. The first kappa shape index (κ1) is 24.5. The van der Waals surface area contributed by atoms with Crippen LogP contribution < -0.4 is 10.3 Å². The summed E-state index contributed by atoms with van der Waals surface area (Å²) in [6, 6.07) is 7.47. The predicted octanol–water partition coefficient (Wildman–Crippen LogP) is 4.69. The van der Waals surface area contributed by atoms with Crippen LogP contribution in [0.3, 0.4) is 0 Å². The minimum atomic E-state index is -3.47. The van der Waals surface area contributed by atoms with E-state index < -0.39 is 15.3 Å². The van der Waals surface area contributed by atoms with E-state index in [2.05, 4.69) is 25.8 Å². The number of methoxy groups -OCH3 is 1. The number of ether oxygens (including phenoxy) is 1. The fraction of sp³-hybridized carbons (Fsp3) is 0.560. The third-order valence-electron chi connectivity index (χ3n) is 6.33. The van der Waals surface area contributed by atoms with Crippen molar-refractivity contribution < 1.29 is 13.2 Å². The van der Waals surface area contributed by atoms with E-state index >= 15 is 0 Å². The first-order valence-corrected chi connectivity index (χ1v) is 12.8. The molecular formula is C25H36N2O4S. The molecule has 0 unspecified atom stereocenters. The molecule has 1 aliphatic carbocycles. The van der Waals surface area contributed by atoms with Crippen molar-refractivity contribution in [2.45, 2.75) is 71.1 Å². The summed E-state index contributed by atoms with van der Waals surface area (Å²) in [4.78, 5) is 15.4. The Hall–Kier alpha value is -2.12. The van der Waals surface area contributed by atoms with Gasteiger partial charge in [-0.1, -0.05) is 27.2 Å². The van der Waals surface area contributed by atoms with E-state index in [-0.39, 0.29) is 17.5 Å². The van der Waals surface area contributed by atoms with E-state index in [1.807, 2.05) is 12.1 Å². The number of hydrogen-bond donors (Lipinski definition) is 1. The van der Waals surface area contributed by atoms with Crippen molar-refractivity contribution in [2.24, 2.45) is 5.92 Å². The molecule has 2 aromatic rings. The Kier molecular flexibility index (Phi) is 7.20. The van der Waals surface area contributed by atoms with Crippen LogP contribution in [-0.4, -0.2) is 36.6 Å². The van der Waals surface area contributed by atoms with E-state index in [9.17, 15) is 13.2 Å². The highest BCUT2D eigenvalue weighted by atomic mass is 32.2. The minimum Gasteiger partial charge on any atom is -0.496 e. The van der Waals surface area contributed by atoms with Gasteiger partial charge in [-0.15, -0.1) is 0 Å². The van der Waals surface area contributed by atoms with Crippen LogP contribution in [-0.2, 0) is 22.0 Å². The molecule has 0 amide bonds. The van der Waals surface area contributed by atoms with Gasteiger partial charge in [0.2, 0.25) is 10.0 Å². The maximum Gasteiger partial charge on any atom is 0.255 e. The summed E-state index contributed by atoms with van der Waals surface area (Å²) in [6.45, 7) is 10.4. The summed E-state index contributed by atoms with van der Waals surface area (Å²) >= 11 is 0. The highest BCUT2D eigenvalue weighted by Crippen LogP contribution is 2.38. The van der Waals surface area contributed by atoms with Crippen molar-refractivity contribution in [1.29, 1.82) is 0 Å². The maximum atomic E-state index is 13.2. The molecule has 1 heterocycles. The highest BCUT2D eigenvalue weighted by Gasteiger charge is 2.32. The predicted molar refractivity (Wildman–Crippen MR) is 130 cm³/mol. The fourth-order valence-corrected chi connectivity index (χ4v) is 5.44. The van der Waals surface area contributed by atoms with Crippen LogP contribution in [0.4, 0.5) is 0 Å². The maximum absolute atomic E-state index is 13.2. The number of aromatic amines is 1. The third kappa shape index (κ3) is 5.09. The molecule has 32 heavy (non-hydrogen) atoms. The number of nitrogens with one attached hydrogen (secondary N) is 1. The number of hydrogen-bond acceptors (Lipinski definition) is 4. The van der Waals surface area contributed by atoms with Gasteiger partial charge >= 0.3 is 0 Å². The van der Waals surface area contributed by atoms with Crippen LogP contribution >= 0.6 is 0 Å². The molecule has 1 aromatic heterocycles. The molecule has 0 aliphatic heterocycles. The second-order valence-electron chi connectivity index (χ2n) is 10.1. The molecule has 0 atom stereocenters. The van der Waals surface area contributed by atoms with Gasteiger partial charge in [-0.2, -0.15) is 4.31 Å². The molecule has 1 saturated carbocycles. The van der Waals surface area contributed by atoms with Crippen molar-refractivity contribution in [3.05, 3.63) is 51.9 Å². The Morgan fingerprint density at radius 2 is 1.88 bits per heavy atom. The van der Waals surface area contributed by atoms with Gasteiger partial charge < -0.3 is 9.72 Å². The SMILES string of the molecule is COc1cc(CN(CC2CCC2)S(=O)(=O)C(C)C)c(-c2ccc[nH]c2=O)cc1C(C)(C)C. The Morgan fingerprint density at radius 1 is 1.19 bits per heavy atom. The molecular weight excluding hydrogens is 424 g/mol. The molecule has 1 fully saturated rings. The molecule has 3 rings (SSSR count). The third-order valence-corrected chi connectivity index (χ3v) is 8.52. The van der Waals surface area contributed by atoms with E-state index in [0.29, 0.717) is 23.8 Å². The first-order chi connectivity index (χ1) is 14.9. The number of pyridine rings is 1. The first-order valence-electron chi connectivity index (χ1n) is 11.3. The van der Waals surface area contributed by atoms with Gasteiger partial charge in [-0.05, 0) is 73.4 Å². The lowest BCUT2D eigenvalue weighted by Crippen LogP contribution is -2.40. The summed E-state index contributed by atoms with van der Waals surface area (Å²) in [5.74, 6) is 1.09. The van der Waals surface area contributed by atoms with Gasteiger partial charge in [-0.3, -0.25) is 4.79 Å². The Labute approximate surface area is 192 Å². The minimum absolute atomic E-state index is 0.198. The van der Waals surface area contributed by atoms with Crippen molar-refractivity contribution in [3.63, 3.8) is 0 Å². The summed E-state index contributed by atoms with van der Waals surface area (Å²) in [7, 11) is -1.84. The summed E-state index contributed by atoms with van der Waals surface area (Å²) in [6.07, 6.45) is 4.87. The van der Waals surface area contributed by atoms with E-state index in [4.69, 9.17) is 4.74 Å². The molecule has 7 heteroatoms. The van der Waals surface area contributed by atoms with Crippen LogP contribution in [0.25, 0.3) is 11.1 Å². The number of H-pyrrole nitrogens is 1. The lowest BCUT2D eigenvalue weighted by Gasteiger charge is -2.33. The van der Waals surface area contributed by atoms with Crippen LogP contribution in [0.5, 0.6) is 5.75 Å². The molecule has 6 nitrogen and oxygen atoms in total. The zero-order valence-electron chi connectivity index (χ0n) is 20.1. The van der Waals surface area contributed by atoms with Crippen molar-refractivity contribution in [2.75, 3.05) is 13.7 Å². The van der Waals surface area contributed by atoms with Gasteiger partial charge in [0.1, 0.15) is 5.75 Å². The number of aromatic nitrogens is 1. The normalized spacial score (nSPS) is 15.2. The zero-order chi connectivity index (χ0) is 23.7. The van der Waals surface area contributed by atoms with Crippen LogP contribution in [0, 0.1) is 5.92 Å². The summed E-state index contributed by atoms with van der Waals surface area (Å²) < 4.78 is 33.8. The molecule has 1 N–H and O–H groups in total. The molecule has 0 saturated heterocycles. The molecule has 0 radical (unpaired) electrons. The van der Waals surface area contributed by atoms with Gasteiger partial charge in [0.15, 0.2) is 0 Å². The number of nitrogens with zero attached hydrogens (tertiary/aromatic N) is 1. The smallest absolute Gasteiger partial charge is 0.255 e. The second kappa shape index (κ2) is 9.40. The quantitative estimate of drug-likeness (QED) is 0.620. The summed E-state index contributed by atoms with van der Waals surface area (Å²) in [5, 5.41) is -0.512. The number of rotatable bonds is 8. The molecule has 0 bridgehead atoms. The van der Waals surface area contributed by atoms with Crippen LogP contribution in [0.15, 0.2) is 35.3 Å². The number of sulfonamides is 1. The molecule has 1 aromatic carbocycles. The molecule has 1 aliphatic rings. The standard InChI is InChI=1S/C25H36N2O4S/c1-17(2)32(29,30)27(15-18-9-7-10-18)16-19-13-23(31-6)22(25(3,4)5)14-21(19)20-11-8-12-26-24(20)28/h8,11-14,17-18H,7,9-10,15-16H2,1-6H3,(H,26,28). The van der Waals surface area contributed by atoms with Crippen molar-refractivity contribution in [3.8, 4) is 16.9 Å². The van der Waals surface area contributed by atoms with E-state index in [1.54, 1.807) is 43.6 Å². The molecule has 0 spiro atoms. The average molecular weight is 461 g/mol. The van der Waals surface area contributed by atoms with E-state index in [1.165, 1.54) is 0 Å². The lowest BCUT2D eigenvalue weighted by atomic mass is 9.83. The van der Waals surface area contributed by atoms with Gasteiger partial charge in [0, 0.05) is 30.4 Å². The Bertz CT molecular complexity index is 1110. The topological polar surface area (TPSA) is 79.5 Å². The zero-order valence-corrected chi connectivity index (χ0v) is 20.9. The fourth-order valence-electron chi connectivity index (χ4n) is 4.10. The second-order valence-corrected chi connectivity index (χ2v) is 12.5. The van der Waals surface area contributed by atoms with Crippen LogP contribution in [0.1, 0.15) is 65.0 Å². The van der Waals surface area contributed by atoms with E-state index in [0.717, 1.165) is 36.0 Å². The van der Waals surface area contributed by atoms with Crippen molar-refractivity contribution in [1.82, 2.24) is 9.29 Å². The lowest BCUT2D eigenvalue weighted by molar-refractivity contribution is 0.241. The molecule has 176 valence electrons. The summed E-state index contributed by atoms with van der Waals surface area (Å²) in [5.41, 5.74) is 2.61. The monoisotopic (exact) mass is 460 g/mol. The van der Waals surface area contributed by atoms with Crippen molar-refractivity contribution >= 4 is 10.0 Å². The average Bonchev–Trinajstić information content (AvgIpc) is 2.68. The Morgan fingerprint density at radius 3 is 2.38 bits per heavy atom. The number of benzene rings is 1. The van der Waals surface area contributed by atoms with Crippen LogP contribution in [0.2, 0.25) is 0 Å².